The third-order valence-corrected chi connectivity index (χ3v) is 2.60. The lowest BCUT2D eigenvalue weighted by molar-refractivity contribution is 0.120. The molecule has 0 amide bonds. The second-order valence-electron chi connectivity index (χ2n) is 3.80. The smallest absolute Gasteiger partial charge is 0.134 e. The number of rotatable bonds is 3. The summed E-state index contributed by atoms with van der Waals surface area (Å²) in [6.45, 7) is 2.72. The van der Waals surface area contributed by atoms with Gasteiger partial charge < -0.3 is 9.52 Å². The second-order valence-corrected chi connectivity index (χ2v) is 3.80. The number of para-hydroxylation sites is 1. The molecule has 0 aliphatic heterocycles. The van der Waals surface area contributed by atoms with Gasteiger partial charge in [-0.2, -0.15) is 0 Å². The monoisotopic (exact) mass is 205 g/mol. The maximum atomic E-state index is 8.95. The molecule has 2 aromatic rings. The van der Waals surface area contributed by atoms with E-state index in [1.165, 1.54) is 0 Å². The second kappa shape index (κ2) is 4.04. The van der Waals surface area contributed by atoms with Gasteiger partial charge in [-0.3, -0.25) is 4.90 Å². The Morgan fingerprint density at radius 3 is 2.73 bits per heavy atom. The Morgan fingerprint density at radius 1 is 1.33 bits per heavy atom. The van der Waals surface area contributed by atoms with Crippen LogP contribution in [0.15, 0.2) is 28.7 Å². The van der Waals surface area contributed by atoms with Gasteiger partial charge in [0.15, 0.2) is 0 Å². The molecular formula is C12H15NO2. The maximum Gasteiger partial charge on any atom is 0.134 e. The molecule has 2 rings (SSSR count). The van der Waals surface area contributed by atoms with E-state index in [4.69, 9.17) is 9.52 Å². The molecular weight excluding hydrogens is 190 g/mol. The van der Waals surface area contributed by atoms with E-state index >= 15 is 0 Å². The van der Waals surface area contributed by atoms with Gasteiger partial charge in [0.1, 0.15) is 11.3 Å². The Labute approximate surface area is 88.9 Å². The number of fused-ring (bicyclic) bond motifs is 1. The molecule has 15 heavy (non-hydrogen) atoms. The van der Waals surface area contributed by atoms with Crippen LogP contribution in [0.5, 0.6) is 0 Å². The quantitative estimate of drug-likeness (QED) is 0.780. The van der Waals surface area contributed by atoms with Crippen molar-refractivity contribution in [2.45, 2.75) is 13.5 Å². The number of furan rings is 1. The molecule has 1 aromatic heterocycles. The summed E-state index contributed by atoms with van der Waals surface area (Å²) < 4.78 is 5.72. The number of benzene rings is 1. The van der Waals surface area contributed by atoms with Gasteiger partial charge in [0.05, 0.1) is 13.3 Å². The summed E-state index contributed by atoms with van der Waals surface area (Å²) >= 11 is 0. The van der Waals surface area contributed by atoms with Crippen LogP contribution in [0, 0.1) is 6.92 Å². The maximum absolute atomic E-state index is 8.95. The van der Waals surface area contributed by atoms with E-state index in [1.807, 2.05) is 32.2 Å². The highest BCUT2D eigenvalue weighted by molar-refractivity contribution is 5.81. The molecule has 0 saturated carbocycles. The first-order valence-corrected chi connectivity index (χ1v) is 4.99. The van der Waals surface area contributed by atoms with Crippen molar-refractivity contribution in [2.24, 2.45) is 0 Å². The highest BCUT2D eigenvalue weighted by Crippen LogP contribution is 2.25. The summed E-state index contributed by atoms with van der Waals surface area (Å²) in [7, 11) is 1.85. The topological polar surface area (TPSA) is 36.6 Å². The SMILES string of the molecule is Cc1c(CN(C)CO)oc2ccccc12. The fourth-order valence-electron chi connectivity index (χ4n) is 1.67. The lowest BCUT2D eigenvalue weighted by Crippen LogP contribution is -2.18. The van der Waals surface area contributed by atoms with Crippen LogP contribution in [0.1, 0.15) is 11.3 Å². The fraction of sp³-hybridized carbons (Fsp3) is 0.333. The van der Waals surface area contributed by atoms with Crippen molar-refractivity contribution in [3.63, 3.8) is 0 Å². The molecule has 0 aliphatic carbocycles. The van der Waals surface area contributed by atoms with E-state index < -0.39 is 0 Å². The Kier molecular flexibility index (Phi) is 2.75. The summed E-state index contributed by atoms with van der Waals surface area (Å²) in [6.07, 6.45) is 0. The van der Waals surface area contributed by atoms with Gasteiger partial charge in [-0.25, -0.2) is 0 Å². The average molecular weight is 205 g/mol. The predicted octanol–water partition coefficient (Wildman–Crippen LogP) is 2.12. The highest BCUT2D eigenvalue weighted by atomic mass is 16.3. The first-order valence-electron chi connectivity index (χ1n) is 4.99. The van der Waals surface area contributed by atoms with Crippen LogP contribution in [-0.2, 0) is 6.54 Å². The van der Waals surface area contributed by atoms with E-state index in [-0.39, 0.29) is 6.73 Å². The third kappa shape index (κ3) is 1.89. The van der Waals surface area contributed by atoms with Gasteiger partial charge in [-0.05, 0) is 25.6 Å². The zero-order chi connectivity index (χ0) is 10.8. The van der Waals surface area contributed by atoms with Crippen molar-refractivity contribution >= 4 is 11.0 Å². The number of hydrogen-bond acceptors (Lipinski definition) is 3. The first kappa shape index (κ1) is 10.2. The van der Waals surface area contributed by atoms with Crippen LogP contribution < -0.4 is 0 Å². The van der Waals surface area contributed by atoms with Crippen molar-refractivity contribution in [1.29, 1.82) is 0 Å². The predicted molar refractivity (Wildman–Crippen MR) is 59.5 cm³/mol. The zero-order valence-corrected chi connectivity index (χ0v) is 9.03. The summed E-state index contributed by atoms with van der Waals surface area (Å²) in [4.78, 5) is 1.80. The fourth-order valence-corrected chi connectivity index (χ4v) is 1.67. The molecule has 0 bridgehead atoms. The van der Waals surface area contributed by atoms with Crippen molar-refractivity contribution in [1.82, 2.24) is 4.90 Å². The largest absolute Gasteiger partial charge is 0.459 e. The lowest BCUT2D eigenvalue weighted by atomic mass is 10.1. The molecule has 80 valence electrons. The molecule has 0 atom stereocenters. The minimum atomic E-state index is 0.0382. The van der Waals surface area contributed by atoms with Crippen molar-refractivity contribution in [3.8, 4) is 0 Å². The van der Waals surface area contributed by atoms with Gasteiger partial charge in [-0.15, -0.1) is 0 Å². The van der Waals surface area contributed by atoms with Gasteiger partial charge in [0.25, 0.3) is 0 Å². The van der Waals surface area contributed by atoms with E-state index in [9.17, 15) is 0 Å². The molecule has 0 saturated heterocycles. The third-order valence-electron chi connectivity index (χ3n) is 2.60. The van der Waals surface area contributed by atoms with Gasteiger partial charge in [0.2, 0.25) is 0 Å². The van der Waals surface area contributed by atoms with Gasteiger partial charge in [0, 0.05) is 5.39 Å². The normalized spacial score (nSPS) is 11.5. The number of aliphatic hydroxyl groups excluding tert-OH is 1. The Bertz CT molecular complexity index is 462. The molecule has 0 fully saturated rings. The molecule has 1 N–H and O–H groups in total. The summed E-state index contributed by atoms with van der Waals surface area (Å²) in [5, 5.41) is 10.1. The summed E-state index contributed by atoms with van der Waals surface area (Å²) in [5.41, 5.74) is 2.07. The number of aryl methyl sites for hydroxylation is 1. The number of hydrogen-bond donors (Lipinski definition) is 1. The van der Waals surface area contributed by atoms with Crippen molar-refractivity contribution in [3.05, 3.63) is 35.6 Å². The number of nitrogens with zero attached hydrogens (tertiary/aromatic N) is 1. The molecule has 0 radical (unpaired) electrons. The molecule has 1 heterocycles. The van der Waals surface area contributed by atoms with Crippen LogP contribution in [-0.4, -0.2) is 23.8 Å². The molecule has 0 unspecified atom stereocenters. The molecule has 3 nitrogen and oxygen atoms in total. The van der Waals surface area contributed by atoms with Crippen LogP contribution in [0.25, 0.3) is 11.0 Å². The van der Waals surface area contributed by atoms with Crippen LogP contribution in [0.3, 0.4) is 0 Å². The van der Waals surface area contributed by atoms with E-state index in [0.29, 0.717) is 6.54 Å². The van der Waals surface area contributed by atoms with E-state index in [2.05, 4.69) is 6.07 Å². The van der Waals surface area contributed by atoms with Crippen molar-refractivity contribution < 1.29 is 9.52 Å². The van der Waals surface area contributed by atoms with Gasteiger partial charge in [-0.1, -0.05) is 18.2 Å². The van der Waals surface area contributed by atoms with Gasteiger partial charge >= 0.3 is 0 Å². The van der Waals surface area contributed by atoms with Crippen molar-refractivity contribution in [2.75, 3.05) is 13.8 Å². The minimum absolute atomic E-state index is 0.0382. The van der Waals surface area contributed by atoms with Crippen LogP contribution in [0.2, 0.25) is 0 Å². The summed E-state index contributed by atoms with van der Waals surface area (Å²) in [5.74, 6) is 0.924. The molecule has 3 heteroatoms. The first-order chi connectivity index (χ1) is 7.22. The minimum Gasteiger partial charge on any atom is -0.459 e. The van der Waals surface area contributed by atoms with Crippen LogP contribution >= 0.6 is 0 Å². The zero-order valence-electron chi connectivity index (χ0n) is 9.03. The Morgan fingerprint density at radius 2 is 2.07 bits per heavy atom. The summed E-state index contributed by atoms with van der Waals surface area (Å²) in [6, 6.07) is 7.98. The highest BCUT2D eigenvalue weighted by Gasteiger charge is 2.10. The molecule has 1 aromatic carbocycles. The Hall–Kier alpha value is -1.32. The Balaban J connectivity index is 2.40. The average Bonchev–Trinajstić information content (AvgIpc) is 2.57. The van der Waals surface area contributed by atoms with E-state index in [0.717, 1.165) is 22.3 Å². The standard InChI is InChI=1S/C12H15NO2/c1-9-10-5-3-4-6-11(10)15-12(9)7-13(2)8-14/h3-6,14H,7-8H2,1-2H3. The lowest BCUT2D eigenvalue weighted by Gasteiger charge is -2.10. The van der Waals surface area contributed by atoms with E-state index in [1.54, 1.807) is 4.90 Å². The molecule has 0 aliphatic rings. The van der Waals surface area contributed by atoms with Crippen LogP contribution in [0.4, 0.5) is 0 Å². The molecule has 0 spiro atoms. The number of aliphatic hydroxyl groups is 1.